The molecule has 0 spiro atoms. The van der Waals surface area contributed by atoms with Crippen molar-refractivity contribution in [2.45, 2.75) is 58.0 Å². The molecule has 28 heavy (non-hydrogen) atoms. The second-order valence-electron chi connectivity index (χ2n) is 8.17. The third-order valence-corrected chi connectivity index (χ3v) is 6.36. The number of carboxylic acids is 1. The summed E-state index contributed by atoms with van der Waals surface area (Å²) in [4.78, 5) is 27.9. The highest BCUT2D eigenvalue weighted by molar-refractivity contribution is 5.75. The van der Waals surface area contributed by atoms with Crippen molar-refractivity contribution in [1.82, 2.24) is 15.1 Å². The van der Waals surface area contributed by atoms with Gasteiger partial charge in [0.2, 0.25) is 0 Å². The summed E-state index contributed by atoms with van der Waals surface area (Å²) < 4.78 is 0. The number of aryl methyl sites for hydroxylation is 1. The Hall–Kier alpha value is -2.08. The van der Waals surface area contributed by atoms with Gasteiger partial charge in [-0.15, -0.1) is 0 Å². The molecular weight excluding hydrogens is 354 g/mol. The first-order chi connectivity index (χ1) is 13.5. The first-order valence-electron chi connectivity index (χ1n) is 10.6. The first kappa shape index (κ1) is 20.6. The number of nitrogens with zero attached hydrogens (tertiary/aromatic N) is 2. The highest BCUT2D eigenvalue weighted by Crippen LogP contribution is 2.33. The van der Waals surface area contributed by atoms with E-state index >= 15 is 0 Å². The zero-order chi connectivity index (χ0) is 20.1. The molecule has 1 aromatic rings. The largest absolute Gasteiger partial charge is 0.480 e. The second-order valence-corrected chi connectivity index (χ2v) is 8.17. The van der Waals surface area contributed by atoms with Crippen molar-refractivity contribution < 1.29 is 14.7 Å². The molecule has 2 aliphatic rings. The molecular formula is C22H33N3O3. The van der Waals surface area contributed by atoms with Crippen LogP contribution >= 0.6 is 0 Å². The maximum absolute atomic E-state index is 13.0. The minimum Gasteiger partial charge on any atom is -0.480 e. The van der Waals surface area contributed by atoms with E-state index in [1.54, 1.807) is 0 Å². The minimum absolute atomic E-state index is 0.00767. The number of nitrogens with one attached hydrogen (secondary N) is 1. The number of amides is 2. The fourth-order valence-electron chi connectivity index (χ4n) is 4.70. The molecule has 0 bridgehead atoms. The van der Waals surface area contributed by atoms with Gasteiger partial charge in [-0.05, 0) is 55.7 Å². The van der Waals surface area contributed by atoms with Crippen LogP contribution in [-0.2, 0) is 11.2 Å². The summed E-state index contributed by atoms with van der Waals surface area (Å²) in [6.45, 7) is 6.37. The van der Waals surface area contributed by atoms with Crippen LogP contribution < -0.4 is 5.32 Å². The van der Waals surface area contributed by atoms with Crippen LogP contribution in [0.5, 0.6) is 0 Å². The summed E-state index contributed by atoms with van der Waals surface area (Å²) in [5, 5.41) is 12.4. The third kappa shape index (κ3) is 4.85. The Morgan fingerprint density at radius 2 is 1.93 bits per heavy atom. The van der Waals surface area contributed by atoms with E-state index in [0.717, 1.165) is 38.6 Å². The Balaban J connectivity index is 1.61. The lowest BCUT2D eigenvalue weighted by Crippen LogP contribution is -2.51. The molecule has 1 heterocycles. The molecule has 1 fully saturated rings. The number of fused-ring (bicyclic) bond motifs is 1. The Morgan fingerprint density at radius 1 is 1.21 bits per heavy atom. The van der Waals surface area contributed by atoms with E-state index in [0.29, 0.717) is 19.0 Å². The number of urea groups is 1. The van der Waals surface area contributed by atoms with E-state index in [9.17, 15) is 9.59 Å². The Bertz CT molecular complexity index is 685. The van der Waals surface area contributed by atoms with Gasteiger partial charge in [-0.1, -0.05) is 38.1 Å². The molecule has 0 aromatic heterocycles. The normalized spacial score (nSPS) is 23.2. The van der Waals surface area contributed by atoms with E-state index in [1.165, 1.54) is 11.1 Å². The van der Waals surface area contributed by atoms with E-state index in [1.807, 2.05) is 16.7 Å². The summed E-state index contributed by atoms with van der Waals surface area (Å²) in [5.41, 5.74) is 2.61. The number of carboxylic acid groups (broad SMARTS) is 1. The van der Waals surface area contributed by atoms with Gasteiger partial charge in [0.05, 0.1) is 12.6 Å². The van der Waals surface area contributed by atoms with Gasteiger partial charge in [-0.2, -0.15) is 0 Å². The van der Waals surface area contributed by atoms with Crippen molar-refractivity contribution in [3.63, 3.8) is 0 Å². The number of benzene rings is 1. The van der Waals surface area contributed by atoms with Gasteiger partial charge in [0.15, 0.2) is 0 Å². The first-order valence-corrected chi connectivity index (χ1v) is 10.6. The van der Waals surface area contributed by atoms with Crippen molar-refractivity contribution in [2.75, 3.05) is 26.2 Å². The number of likely N-dealkylation sites (N-methyl/N-ethyl adjacent to an activating group) is 1. The Morgan fingerprint density at radius 3 is 2.61 bits per heavy atom. The van der Waals surface area contributed by atoms with Gasteiger partial charge < -0.3 is 15.3 Å². The lowest BCUT2D eigenvalue weighted by Gasteiger charge is -2.38. The van der Waals surface area contributed by atoms with Crippen molar-refractivity contribution in [2.24, 2.45) is 5.92 Å². The quantitative estimate of drug-likeness (QED) is 0.761. The fourth-order valence-corrected chi connectivity index (χ4v) is 4.70. The van der Waals surface area contributed by atoms with E-state index in [-0.39, 0.29) is 24.7 Å². The van der Waals surface area contributed by atoms with E-state index in [4.69, 9.17) is 5.11 Å². The molecule has 0 saturated carbocycles. The van der Waals surface area contributed by atoms with Gasteiger partial charge in [-0.3, -0.25) is 9.69 Å². The average molecular weight is 388 g/mol. The Kier molecular flexibility index (Phi) is 6.94. The predicted molar refractivity (Wildman–Crippen MR) is 109 cm³/mol. The molecule has 0 radical (unpaired) electrons. The number of carbonyl (C=O) groups excluding carboxylic acids is 1. The van der Waals surface area contributed by atoms with Crippen LogP contribution in [0.4, 0.5) is 4.79 Å². The second kappa shape index (κ2) is 9.41. The van der Waals surface area contributed by atoms with Crippen molar-refractivity contribution in [3.05, 3.63) is 35.4 Å². The van der Waals surface area contributed by atoms with Gasteiger partial charge >= 0.3 is 12.0 Å². The van der Waals surface area contributed by atoms with Gasteiger partial charge in [0.25, 0.3) is 0 Å². The molecule has 1 aliphatic heterocycles. The maximum atomic E-state index is 13.0. The molecule has 6 heteroatoms. The number of aliphatic carboxylic acids is 1. The number of piperidine rings is 1. The highest BCUT2D eigenvalue weighted by Gasteiger charge is 2.31. The van der Waals surface area contributed by atoms with Crippen LogP contribution in [0.1, 0.15) is 56.7 Å². The topological polar surface area (TPSA) is 72.9 Å². The summed E-state index contributed by atoms with van der Waals surface area (Å²) in [7, 11) is 0. The van der Waals surface area contributed by atoms with Crippen molar-refractivity contribution in [3.8, 4) is 0 Å². The SMILES string of the molecule is CCN(CC(=O)O)C1CCN(C(=O)NC2c3ccccc3CCCC2C)CC1. The Labute approximate surface area is 167 Å². The molecule has 2 atom stereocenters. The van der Waals surface area contributed by atoms with Crippen LogP contribution in [-0.4, -0.2) is 59.1 Å². The number of rotatable bonds is 5. The number of hydrogen-bond acceptors (Lipinski definition) is 3. The van der Waals surface area contributed by atoms with Crippen LogP contribution in [0.3, 0.4) is 0 Å². The van der Waals surface area contributed by atoms with Crippen LogP contribution in [0, 0.1) is 5.92 Å². The smallest absolute Gasteiger partial charge is 0.317 e. The molecule has 1 aromatic carbocycles. The third-order valence-electron chi connectivity index (χ3n) is 6.36. The van der Waals surface area contributed by atoms with Crippen LogP contribution in [0.2, 0.25) is 0 Å². The molecule has 2 amide bonds. The van der Waals surface area contributed by atoms with E-state index < -0.39 is 5.97 Å². The molecule has 3 rings (SSSR count). The molecule has 154 valence electrons. The molecule has 6 nitrogen and oxygen atoms in total. The van der Waals surface area contributed by atoms with Gasteiger partial charge in [0.1, 0.15) is 0 Å². The maximum Gasteiger partial charge on any atom is 0.317 e. The zero-order valence-corrected chi connectivity index (χ0v) is 17.1. The van der Waals surface area contributed by atoms with Gasteiger partial charge in [0, 0.05) is 19.1 Å². The highest BCUT2D eigenvalue weighted by atomic mass is 16.4. The predicted octanol–water partition coefficient (Wildman–Crippen LogP) is 3.28. The molecule has 2 N–H and O–H groups in total. The summed E-state index contributed by atoms with van der Waals surface area (Å²) >= 11 is 0. The summed E-state index contributed by atoms with van der Waals surface area (Å²) in [6.07, 6.45) is 5.00. The average Bonchev–Trinajstić information content (AvgIpc) is 2.85. The minimum atomic E-state index is -0.789. The zero-order valence-electron chi connectivity index (χ0n) is 17.1. The monoisotopic (exact) mass is 387 g/mol. The lowest BCUT2D eigenvalue weighted by atomic mass is 9.92. The molecule has 1 aliphatic carbocycles. The molecule has 2 unspecified atom stereocenters. The standard InChI is InChI=1S/C22H33N3O3/c1-3-24(15-20(26)27)18-11-13-25(14-12-18)22(28)23-21-16(2)7-6-9-17-8-4-5-10-19(17)21/h4-5,8,10,16,18,21H,3,6-7,9,11-15H2,1-2H3,(H,23,28)(H,26,27). The lowest BCUT2D eigenvalue weighted by molar-refractivity contribution is -0.139. The number of likely N-dealkylation sites (tertiary alicyclic amines) is 1. The number of carbonyl (C=O) groups is 2. The molecule has 1 saturated heterocycles. The number of hydrogen-bond donors (Lipinski definition) is 2. The van der Waals surface area contributed by atoms with Crippen molar-refractivity contribution in [1.29, 1.82) is 0 Å². The van der Waals surface area contributed by atoms with Crippen molar-refractivity contribution >= 4 is 12.0 Å². The summed E-state index contributed by atoms with van der Waals surface area (Å²) in [6, 6.07) is 8.77. The van der Waals surface area contributed by atoms with Crippen LogP contribution in [0.25, 0.3) is 0 Å². The van der Waals surface area contributed by atoms with Crippen LogP contribution in [0.15, 0.2) is 24.3 Å². The summed E-state index contributed by atoms with van der Waals surface area (Å²) in [5.74, 6) is -0.376. The van der Waals surface area contributed by atoms with E-state index in [2.05, 4.69) is 36.5 Å². The van der Waals surface area contributed by atoms with Gasteiger partial charge in [-0.25, -0.2) is 4.79 Å². The fraction of sp³-hybridized carbons (Fsp3) is 0.636.